The lowest BCUT2D eigenvalue weighted by molar-refractivity contribution is -0.661. The van der Waals surface area contributed by atoms with Crippen LogP contribution in [0.1, 0.15) is 253 Å². The quantitative estimate of drug-likeness (QED) is 0.0965. The van der Waals surface area contributed by atoms with Crippen molar-refractivity contribution in [3.05, 3.63) is 308 Å². The van der Waals surface area contributed by atoms with Gasteiger partial charge in [-0.1, -0.05) is 272 Å². The highest BCUT2D eigenvalue weighted by molar-refractivity contribution is 5.80. The summed E-state index contributed by atoms with van der Waals surface area (Å²) in [5.74, 6) is -0.687. The third kappa shape index (κ3) is 22.8. The largest absolute Gasteiger partial charge is 0.212 e. The van der Waals surface area contributed by atoms with Crippen LogP contribution in [0.2, 0.25) is 0 Å². The average Bonchev–Trinajstić information content (AvgIpc) is 0.757. The molecule has 0 radical (unpaired) electrons. The zero-order valence-corrected chi connectivity index (χ0v) is 69.9. The molecule has 0 bridgehead atoms. The molecule has 0 aliphatic rings. The molecule has 4 heteroatoms. The minimum Gasteiger partial charge on any atom is -0.201 e. The first-order chi connectivity index (χ1) is 54.7. The fraction of sp³-hybridized carbons (Fsp3) is 0.370. The van der Waals surface area contributed by atoms with Crippen molar-refractivity contribution in [3.63, 3.8) is 0 Å². The number of rotatable bonds is 14. The van der Waals surface area contributed by atoms with E-state index in [2.05, 4.69) is 216 Å². The van der Waals surface area contributed by atoms with Gasteiger partial charge in [-0.25, -0.2) is 18.3 Å². The summed E-state index contributed by atoms with van der Waals surface area (Å²) in [6, 6.07) is 66.1. The number of nitrogens with zero attached hydrogens (tertiary/aromatic N) is 4. The number of aromatic nitrogens is 4. The Labute approximate surface area is 696 Å². The lowest BCUT2D eigenvalue weighted by Gasteiger charge is -2.19. The molecule has 0 unspecified atom stereocenters. The van der Waals surface area contributed by atoms with E-state index in [1.54, 1.807) is 12.1 Å². The number of hydrogen-bond donors (Lipinski definition) is 0. The Morgan fingerprint density at radius 3 is 0.866 bits per heavy atom. The Balaban J connectivity index is 0.000000287. The average molecular weight is 1510 g/mol. The first-order valence-electron chi connectivity index (χ1n) is 43.5. The maximum absolute atomic E-state index is 8.71. The second-order valence-electron chi connectivity index (χ2n) is 33.4. The Hall–Kier alpha value is -9.64. The van der Waals surface area contributed by atoms with E-state index in [0.29, 0.717) is 45.1 Å². The molecule has 12 rings (SSSR count). The normalized spacial score (nSPS) is 13.0. The van der Waals surface area contributed by atoms with E-state index in [0.717, 1.165) is 67.9 Å². The molecule has 112 heavy (non-hydrogen) atoms. The highest BCUT2D eigenvalue weighted by Crippen LogP contribution is 2.39. The van der Waals surface area contributed by atoms with Crippen molar-refractivity contribution in [2.24, 2.45) is 39.0 Å². The van der Waals surface area contributed by atoms with Crippen LogP contribution in [-0.4, -0.2) is 0 Å². The molecule has 4 aromatic heterocycles. The van der Waals surface area contributed by atoms with Crippen LogP contribution in [0.25, 0.3) is 89.5 Å². The molecule has 8 aromatic carbocycles. The minimum absolute atomic E-state index is 0. The Morgan fingerprint density at radius 1 is 0.295 bits per heavy atom. The summed E-state index contributed by atoms with van der Waals surface area (Å²) >= 11 is 0. The van der Waals surface area contributed by atoms with Crippen LogP contribution in [0, 0.1) is 79.9 Å². The minimum atomic E-state index is -2.23. The van der Waals surface area contributed by atoms with Gasteiger partial charge in [-0.15, -0.1) is 0 Å². The number of hydrogen-bond acceptors (Lipinski definition) is 0. The third-order valence-electron chi connectivity index (χ3n) is 20.5. The standard InChI is InChI=1S/4C26H32N.4CH4/c2*1-18-14-25(27(7)17-22(18)16-26(4,5)6)24-15-23(19(2)13-20(24)3)21-11-9-8-10-12-21;2*1-17(2)22-15-26(27(7)16-25(22)18(3)4)24-14-23(19(5)13-20(24)6)21-11-9-8-10-12-21;;;;/h2*8-15,17H,16H2,1-7H3;2*8-18H,1-7H3;4*1H4/q4*+1;;;;/i2D3,16D2;;5D3,17D,18D;;;;;. The van der Waals surface area contributed by atoms with Crippen LogP contribution in [0.15, 0.2) is 219 Å². The van der Waals surface area contributed by atoms with Gasteiger partial charge in [0.25, 0.3) is 0 Å². The SMILES string of the molecule is C.C.C.C.Cc1cc(-c2cc(-c3ccccc3)c(C)cc2C)[n+](C)cc1CC(C)(C)C.Cc1cc(C)c(-c2cc(C(C)C)c(C(C)C)c[n+]2C)cc1-c1ccccc1.[2H]C([2H])([2H])c1cc(C)c(-c2cc(C([2H])(C)C)c(C([2H])(C)C)c[n+]2C)cc1-c1ccccc1.[2H]C([2H])([2H])c1cc(C)c(-c2cc(C)c(C([2H])([2H])C(C)(C)C)c[n+]2C)cc1-c1ccccc1. The lowest BCUT2D eigenvalue weighted by Crippen LogP contribution is -2.32. The molecule has 0 saturated heterocycles. The van der Waals surface area contributed by atoms with Crippen molar-refractivity contribution in [1.82, 2.24) is 0 Å². The van der Waals surface area contributed by atoms with Gasteiger partial charge in [-0.3, -0.25) is 0 Å². The molecule has 0 amide bonds. The summed E-state index contributed by atoms with van der Waals surface area (Å²) in [7, 11) is 8.19. The predicted molar refractivity (Wildman–Crippen MR) is 491 cm³/mol. The molecule has 12 aromatic rings. The Kier molecular flexibility index (Phi) is 27.5. The van der Waals surface area contributed by atoms with Crippen LogP contribution >= 0.6 is 0 Å². The second kappa shape index (κ2) is 39.7. The first-order valence-corrected chi connectivity index (χ1v) is 38.5. The Bertz CT molecular complexity index is 5580. The molecule has 0 spiro atoms. The summed E-state index contributed by atoms with van der Waals surface area (Å²) in [6.45, 7) is 41.6. The van der Waals surface area contributed by atoms with E-state index in [-0.39, 0.29) is 29.7 Å². The fourth-order valence-corrected chi connectivity index (χ4v) is 14.8. The van der Waals surface area contributed by atoms with Gasteiger partial charge in [0.05, 0.1) is 0 Å². The highest BCUT2D eigenvalue weighted by atomic mass is 14.9. The summed E-state index contributed by atoms with van der Waals surface area (Å²) in [6.07, 6.45) is 8.05. The van der Waals surface area contributed by atoms with Crippen molar-refractivity contribution in [3.8, 4) is 89.5 Å². The summed E-state index contributed by atoms with van der Waals surface area (Å²) < 4.78 is 91.6. The molecule has 0 aliphatic carbocycles. The van der Waals surface area contributed by atoms with Gasteiger partial charge < -0.3 is 0 Å². The van der Waals surface area contributed by atoms with E-state index in [1.807, 2.05) is 190 Å². The Morgan fingerprint density at radius 2 is 0.562 bits per heavy atom. The van der Waals surface area contributed by atoms with Crippen molar-refractivity contribution >= 4 is 0 Å². The van der Waals surface area contributed by atoms with Crippen LogP contribution in [0.3, 0.4) is 0 Å². The van der Waals surface area contributed by atoms with Crippen LogP contribution in [0.5, 0.6) is 0 Å². The number of benzene rings is 8. The van der Waals surface area contributed by atoms with Gasteiger partial charge >= 0.3 is 0 Å². The summed E-state index contributed by atoms with van der Waals surface area (Å²) in [5.41, 5.74) is 33.4. The molecule has 0 N–H and O–H groups in total. The topological polar surface area (TPSA) is 15.5 Å². The van der Waals surface area contributed by atoms with Crippen molar-refractivity contribution < 1.29 is 32.0 Å². The summed E-state index contributed by atoms with van der Waals surface area (Å²) in [5, 5.41) is 0. The van der Waals surface area contributed by atoms with Crippen molar-refractivity contribution in [2.75, 3.05) is 0 Å². The van der Waals surface area contributed by atoms with Crippen molar-refractivity contribution in [1.29, 1.82) is 0 Å². The van der Waals surface area contributed by atoms with E-state index >= 15 is 0 Å². The molecule has 592 valence electrons. The van der Waals surface area contributed by atoms with Gasteiger partial charge in [0.1, 0.15) is 28.2 Å². The van der Waals surface area contributed by atoms with Crippen LogP contribution in [0.4, 0.5) is 0 Å². The summed E-state index contributed by atoms with van der Waals surface area (Å²) in [4.78, 5) is 0. The first kappa shape index (κ1) is 77.7. The monoisotopic (exact) mass is 1510 g/mol. The molecular formula is C108H144N4+4. The van der Waals surface area contributed by atoms with E-state index in [1.165, 1.54) is 89.3 Å². The molecule has 0 atom stereocenters. The van der Waals surface area contributed by atoms with Gasteiger partial charge in [-0.2, -0.15) is 0 Å². The van der Waals surface area contributed by atoms with Gasteiger partial charge in [0.2, 0.25) is 22.8 Å². The van der Waals surface area contributed by atoms with E-state index in [9.17, 15) is 0 Å². The molecule has 0 saturated carbocycles. The smallest absolute Gasteiger partial charge is 0.201 e. The predicted octanol–water partition coefficient (Wildman–Crippen LogP) is 28.7. The zero-order chi connectivity index (χ0) is 87.6. The third-order valence-corrected chi connectivity index (χ3v) is 20.5. The van der Waals surface area contributed by atoms with E-state index < -0.39 is 37.3 Å². The molecule has 0 aliphatic heterocycles. The van der Waals surface area contributed by atoms with Gasteiger partial charge in [0.15, 0.2) is 24.8 Å². The molecule has 4 nitrogen and oxygen atoms in total. The maximum atomic E-state index is 8.71. The molecule has 0 fully saturated rings. The highest BCUT2D eigenvalue weighted by Gasteiger charge is 2.27. The van der Waals surface area contributed by atoms with E-state index in [4.69, 9.17) is 13.7 Å². The zero-order valence-electron chi connectivity index (χ0n) is 79.9. The van der Waals surface area contributed by atoms with Gasteiger partial charge in [0, 0.05) is 82.5 Å². The molecular weight excluding hydrogens is 1350 g/mol. The van der Waals surface area contributed by atoms with Crippen LogP contribution < -0.4 is 18.3 Å². The molecule has 4 heterocycles. The lowest BCUT2D eigenvalue weighted by atomic mass is 9.86. The van der Waals surface area contributed by atoms with Crippen LogP contribution in [-0.2, 0) is 41.0 Å². The fourth-order valence-electron chi connectivity index (χ4n) is 14.8. The van der Waals surface area contributed by atoms with Gasteiger partial charge in [-0.05, 0) is 252 Å². The number of aryl methyl sites for hydroxylation is 14. The second-order valence-corrected chi connectivity index (χ2v) is 33.4. The van der Waals surface area contributed by atoms with Crippen molar-refractivity contribution in [2.45, 2.75) is 232 Å². The number of pyridine rings is 4. The maximum Gasteiger partial charge on any atom is 0.212 e.